The molecule has 1 rings (SSSR count). The van der Waals surface area contributed by atoms with Crippen molar-refractivity contribution >= 4 is 15.9 Å². The van der Waals surface area contributed by atoms with Gasteiger partial charge in [0.1, 0.15) is 15.4 Å². The molecular formula is C13H23N3O4S. The molecule has 1 N–H and O–H groups in total. The topological polar surface area (TPSA) is 90.3 Å². The monoisotopic (exact) mass is 317 g/mol. The zero-order valence-corrected chi connectivity index (χ0v) is 13.9. The molecule has 0 radical (unpaired) electrons. The molecule has 0 fully saturated rings. The van der Waals surface area contributed by atoms with Gasteiger partial charge in [-0.2, -0.15) is 0 Å². The van der Waals surface area contributed by atoms with E-state index in [1.54, 1.807) is 44.8 Å². The van der Waals surface area contributed by atoms with Crippen molar-refractivity contribution in [3.63, 3.8) is 0 Å². The van der Waals surface area contributed by atoms with E-state index in [2.05, 4.69) is 10.3 Å². The van der Waals surface area contributed by atoms with E-state index in [-0.39, 0.29) is 11.8 Å². The van der Waals surface area contributed by atoms with Gasteiger partial charge in [-0.05, 0) is 27.7 Å². The van der Waals surface area contributed by atoms with Crippen molar-refractivity contribution in [2.45, 2.75) is 45.9 Å². The number of nitrogens with zero attached hydrogens (tertiary/aromatic N) is 2. The van der Waals surface area contributed by atoms with Crippen LogP contribution in [0.25, 0.3) is 0 Å². The van der Waals surface area contributed by atoms with E-state index in [1.165, 1.54) is 6.26 Å². The number of ether oxygens (including phenoxy) is 1. The van der Waals surface area contributed by atoms with Gasteiger partial charge < -0.3 is 14.6 Å². The van der Waals surface area contributed by atoms with Crippen LogP contribution in [-0.2, 0) is 21.1 Å². The second-order valence-corrected chi connectivity index (χ2v) is 8.27. The average molecular weight is 317 g/mol. The van der Waals surface area contributed by atoms with Gasteiger partial charge in [0, 0.05) is 12.8 Å². The molecule has 1 amide bonds. The van der Waals surface area contributed by atoms with Crippen LogP contribution in [0.15, 0.2) is 12.5 Å². The lowest BCUT2D eigenvalue weighted by Crippen LogP contribution is -2.34. The number of imidazole rings is 1. The highest BCUT2D eigenvalue weighted by molar-refractivity contribution is 7.90. The fourth-order valence-corrected chi connectivity index (χ4v) is 2.23. The van der Waals surface area contributed by atoms with Crippen LogP contribution in [0.3, 0.4) is 0 Å². The highest BCUT2D eigenvalue weighted by Gasteiger charge is 2.20. The number of nitrogens with one attached hydrogen (secondary N) is 1. The SMILES string of the molecule is CC(NC(=O)OC(C)(C)C)c1cncn1CCS(C)(=O)=O. The number of hydrogen-bond donors (Lipinski definition) is 1. The third kappa shape index (κ3) is 6.61. The highest BCUT2D eigenvalue weighted by atomic mass is 32.2. The zero-order valence-electron chi connectivity index (χ0n) is 13.1. The number of amides is 1. The van der Waals surface area contributed by atoms with Gasteiger partial charge in [0.05, 0.1) is 30.0 Å². The van der Waals surface area contributed by atoms with Gasteiger partial charge in [-0.25, -0.2) is 18.2 Å². The van der Waals surface area contributed by atoms with Crippen LogP contribution < -0.4 is 5.32 Å². The summed E-state index contributed by atoms with van der Waals surface area (Å²) in [6.45, 7) is 7.45. The van der Waals surface area contributed by atoms with E-state index >= 15 is 0 Å². The Hall–Kier alpha value is -1.57. The molecule has 0 aliphatic heterocycles. The summed E-state index contributed by atoms with van der Waals surface area (Å²) in [4.78, 5) is 15.7. The van der Waals surface area contributed by atoms with Crippen LogP contribution in [0, 0.1) is 0 Å². The lowest BCUT2D eigenvalue weighted by atomic mass is 10.2. The van der Waals surface area contributed by atoms with Gasteiger partial charge in [0.2, 0.25) is 0 Å². The number of alkyl carbamates (subject to hydrolysis) is 1. The van der Waals surface area contributed by atoms with E-state index in [1.807, 2.05) is 0 Å². The quantitative estimate of drug-likeness (QED) is 0.889. The third-order valence-electron chi connectivity index (χ3n) is 2.62. The van der Waals surface area contributed by atoms with Crippen LogP contribution in [-0.4, -0.2) is 41.7 Å². The van der Waals surface area contributed by atoms with Crippen molar-refractivity contribution in [1.82, 2.24) is 14.9 Å². The number of aromatic nitrogens is 2. The standard InChI is InChI=1S/C13H23N3O4S/c1-10(15-12(17)20-13(2,3)4)11-8-14-9-16(11)6-7-21(5,18)19/h8-10H,6-7H2,1-5H3,(H,15,17). The summed E-state index contributed by atoms with van der Waals surface area (Å²) in [5, 5.41) is 2.70. The number of rotatable bonds is 5. The lowest BCUT2D eigenvalue weighted by Gasteiger charge is -2.22. The summed E-state index contributed by atoms with van der Waals surface area (Å²) in [5.41, 5.74) is 0.157. The Morgan fingerprint density at radius 1 is 1.48 bits per heavy atom. The van der Waals surface area contributed by atoms with Crippen molar-refractivity contribution in [1.29, 1.82) is 0 Å². The fourth-order valence-electron chi connectivity index (χ4n) is 1.70. The minimum absolute atomic E-state index is 0.0233. The summed E-state index contributed by atoms with van der Waals surface area (Å²) in [6.07, 6.45) is 3.82. The Morgan fingerprint density at radius 3 is 2.62 bits per heavy atom. The molecule has 0 saturated heterocycles. The van der Waals surface area contributed by atoms with Crippen LogP contribution in [0.2, 0.25) is 0 Å². The van der Waals surface area contributed by atoms with Crippen molar-refractivity contribution in [3.05, 3.63) is 18.2 Å². The predicted octanol–water partition coefficient (Wildman–Crippen LogP) is 1.51. The first kappa shape index (κ1) is 17.5. The van der Waals surface area contributed by atoms with E-state index in [9.17, 15) is 13.2 Å². The van der Waals surface area contributed by atoms with Gasteiger partial charge in [-0.3, -0.25) is 0 Å². The van der Waals surface area contributed by atoms with Gasteiger partial charge in [0.25, 0.3) is 0 Å². The van der Waals surface area contributed by atoms with Gasteiger partial charge in [0.15, 0.2) is 0 Å². The first-order valence-electron chi connectivity index (χ1n) is 6.65. The number of hydrogen-bond acceptors (Lipinski definition) is 5. The number of aryl methyl sites for hydroxylation is 1. The molecule has 0 spiro atoms. The minimum Gasteiger partial charge on any atom is -0.444 e. The molecule has 0 saturated carbocycles. The van der Waals surface area contributed by atoms with Gasteiger partial charge in [-0.15, -0.1) is 0 Å². The predicted molar refractivity (Wildman–Crippen MR) is 79.7 cm³/mol. The largest absolute Gasteiger partial charge is 0.444 e. The molecule has 1 atom stereocenters. The van der Waals surface area contributed by atoms with Gasteiger partial charge in [-0.1, -0.05) is 0 Å². The Balaban J connectivity index is 2.69. The zero-order chi connectivity index (χ0) is 16.3. The maximum atomic E-state index is 11.7. The summed E-state index contributed by atoms with van der Waals surface area (Å²) in [6, 6.07) is -0.332. The average Bonchev–Trinajstić information content (AvgIpc) is 2.70. The molecular weight excluding hydrogens is 294 g/mol. The second kappa shape index (κ2) is 6.46. The van der Waals surface area contributed by atoms with Crippen molar-refractivity contribution < 1.29 is 17.9 Å². The smallest absolute Gasteiger partial charge is 0.408 e. The summed E-state index contributed by atoms with van der Waals surface area (Å²) in [5.74, 6) is 0.0233. The Kier molecular flexibility index (Phi) is 5.38. The molecule has 0 aliphatic carbocycles. The van der Waals surface area contributed by atoms with E-state index in [0.717, 1.165) is 5.69 Å². The van der Waals surface area contributed by atoms with Gasteiger partial charge >= 0.3 is 6.09 Å². The Labute approximate surface area is 125 Å². The van der Waals surface area contributed by atoms with Crippen LogP contribution in [0.4, 0.5) is 4.79 Å². The van der Waals surface area contributed by atoms with Crippen molar-refractivity contribution in [2.75, 3.05) is 12.0 Å². The molecule has 8 heteroatoms. The normalized spacial score (nSPS) is 13.8. The molecule has 21 heavy (non-hydrogen) atoms. The first-order valence-corrected chi connectivity index (χ1v) is 8.71. The Morgan fingerprint density at radius 2 is 2.10 bits per heavy atom. The second-order valence-electron chi connectivity index (χ2n) is 6.01. The number of carbonyl (C=O) groups excluding carboxylic acids is 1. The molecule has 1 aromatic rings. The van der Waals surface area contributed by atoms with E-state index in [4.69, 9.17) is 4.74 Å². The molecule has 120 valence electrons. The first-order chi connectivity index (χ1) is 9.48. The molecule has 0 bridgehead atoms. The lowest BCUT2D eigenvalue weighted by molar-refractivity contribution is 0.0506. The third-order valence-corrected chi connectivity index (χ3v) is 3.55. The van der Waals surface area contributed by atoms with Crippen molar-refractivity contribution in [3.8, 4) is 0 Å². The van der Waals surface area contributed by atoms with E-state index in [0.29, 0.717) is 6.54 Å². The molecule has 1 unspecified atom stereocenters. The number of sulfone groups is 1. The minimum atomic E-state index is -3.05. The summed E-state index contributed by atoms with van der Waals surface area (Å²) in [7, 11) is -3.05. The maximum Gasteiger partial charge on any atom is 0.408 e. The van der Waals surface area contributed by atoms with Crippen LogP contribution >= 0.6 is 0 Å². The maximum absolute atomic E-state index is 11.7. The fraction of sp³-hybridized carbons (Fsp3) is 0.692. The van der Waals surface area contributed by atoms with Crippen LogP contribution in [0.5, 0.6) is 0 Å². The Bertz CT molecular complexity index is 587. The highest BCUT2D eigenvalue weighted by Crippen LogP contribution is 2.14. The molecule has 7 nitrogen and oxygen atoms in total. The molecule has 1 heterocycles. The summed E-state index contributed by atoms with van der Waals surface area (Å²) < 4.78 is 29.3. The van der Waals surface area contributed by atoms with Crippen LogP contribution in [0.1, 0.15) is 39.4 Å². The molecule has 0 aliphatic rings. The number of carbonyl (C=O) groups is 1. The molecule has 0 aromatic carbocycles. The summed E-state index contributed by atoms with van der Waals surface area (Å²) >= 11 is 0. The molecule has 1 aromatic heterocycles. The van der Waals surface area contributed by atoms with E-state index < -0.39 is 21.5 Å². The van der Waals surface area contributed by atoms with Crippen molar-refractivity contribution in [2.24, 2.45) is 0 Å².